The van der Waals surface area contributed by atoms with E-state index < -0.39 is 10.8 Å². The van der Waals surface area contributed by atoms with Gasteiger partial charge in [0, 0.05) is 38.9 Å². The Bertz CT molecular complexity index is 674. The molecule has 2 aromatic heterocycles. The molecule has 9 heteroatoms. The monoisotopic (exact) mass is 292 g/mol. The van der Waals surface area contributed by atoms with E-state index in [0.29, 0.717) is 6.54 Å². The van der Waals surface area contributed by atoms with Crippen molar-refractivity contribution in [2.75, 3.05) is 7.05 Å². The maximum Gasteiger partial charge on any atom is 0.320 e. The summed E-state index contributed by atoms with van der Waals surface area (Å²) in [7, 11) is 3.09. The molecule has 0 radical (unpaired) electrons. The van der Waals surface area contributed by atoms with Gasteiger partial charge in [-0.3, -0.25) is 24.3 Å². The second-order valence-electron chi connectivity index (χ2n) is 4.62. The van der Waals surface area contributed by atoms with E-state index in [1.807, 2.05) is 13.1 Å². The largest absolute Gasteiger partial charge is 0.336 e. The molecule has 0 aliphatic heterocycles. The van der Waals surface area contributed by atoms with Crippen molar-refractivity contribution in [3.63, 3.8) is 0 Å². The van der Waals surface area contributed by atoms with Gasteiger partial charge in [0.1, 0.15) is 6.20 Å². The molecule has 2 heterocycles. The molecule has 2 aromatic rings. The zero-order valence-corrected chi connectivity index (χ0v) is 12.1. The molecule has 0 aliphatic rings. The highest BCUT2D eigenvalue weighted by Gasteiger charge is 2.27. The van der Waals surface area contributed by atoms with Gasteiger partial charge in [0.25, 0.3) is 5.91 Å². The average molecular weight is 292 g/mol. The molecule has 2 rings (SSSR count). The van der Waals surface area contributed by atoms with Crippen LogP contribution in [0.1, 0.15) is 23.0 Å². The summed E-state index contributed by atoms with van der Waals surface area (Å²) in [6, 6.07) is 0. The third-order valence-corrected chi connectivity index (χ3v) is 3.10. The first kappa shape index (κ1) is 14.7. The summed E-state index contributed by atoms with van der Waals surface area (Å²) in [5.41, 5.74) is 0.529. The minimum atomic E-state index is -0.608. The van der Waals surface area contributed by atoms with Crippen LogP contribution < -0.4 is 0 Å². The Hall–Kier alpha value is -2.71. The van der Waals surface area contributed by atoms with Gasteiger partial charge in [-0.1, -0.05) is 0 Å². The molecule has 0 aliphatic carbocycles. The van der Waals surface area contributed by atoms with Crippen LogP contribution in [0.5, 0.6) is 0 Å². The number of nitrogens with zero attached hydrogens (tertiary/aromatic N) is 6. The number of aryl methyl sites for hydroxylation is 2. The SMILES string of the molecule is CCn1cc(CN(C)C(=O)c2c([N+](=O)[O-])cnn2C)cn1. The van der Waals surface area contributed by atoms with Gasteiger partial charge >= 0.3 is 5.69 Å². The fourth-order valence-electron chi connectivity index (χ4n) is 1.99. The topological polar surface area (TPSA) is 99.1 Å². The molecule has 21 heavy (non-hydrogen) atoms. The lowest BCUT2D eigenvalue weighted by atomic mass is 10.3. The van der Waals surface area contributed by atoms with E-state index in [-0.39, 0.29) is 11.4 Å². The Morgan fingerprint density at radius 3 is 2.71 bits per heavy atom. The van der Waals surface area contributed by atoms with Gasteiger partial charge in [-0.15, -0.1) is 0 Å². The zero-order valence-electron chi connectivity index (χ0n) is 12.1. The smallest absolute Gasteiger partial charge is 0.320 e. The van der Waals surface area contributed by atoms with E-state index in [4.69, 9.17) is 0 Å². The summed E-state index contributed by atoms with van der Waals surface area (Å²) in [4.78, 5) is 24.1. The minimum Gasteiger partial charge on any atom is -0.336 e. The molecule has 0 N–H and O–H groups in total. The van der Waals surface area contributed by atoms with Gasteiger partial charge in [-0.05, 0) is 6.92 Å². The molecule has 0 saturated carbocycles. The Morgan fingerprint density at radius 1 is 1.43 bits per heavy atom. The number of aromatic nitrogens is 4. The Balaban J connectivity index is 2.19. The van der Waals surface area contributed by atoms with E-state index in [1.165, 1.54) is 16.6 Å². The van der Waals surface area contributed by atoms with Crippen molar-refractivity contribution in [3.8, 4) is 0 Å². The molecule has 0 aromatic carbocycles. The number of carbonyl (C=O) groups excluding carboxylic acids is 1. The summed E-state index contributed by atoms with van der Waals surface area (Å²) in [5, 5.41) is 18.8. The van der Waals surface area contributed by atoms with Crippen LogP contribution in [0.15, 0.2) is 18.6 Å². The lowest BCUT2D eigenvalue weighted by Gasteiger charge is -2.15. The van der Waals surface area contributed by atoms with E-state index in [9.17, 15) is 14.9 Å². The molecule has 0 bridgehead atoms. The molecule has 1 amide bonds. The van der Waals surface area contributed by atoms with Crippen LogP contribution in [-0.4, -0.2) is 42.3 Å². The lowest BCUT2D eigenvalue weighted by molar-refractivity contribution is -0.385. The quantitative estimate of drug-likeness (QED) is 0.600. The van der Waals surface area contributed by atoms with Crippen LogP contribution in [0, 0.1) is 10.1 Å². The number of rotatable bonds is 5. The number of hydrogen-bond acceptors (Lipinski definition) is 5. The molecular formula is C12H16N6O3. The van der Waals surface area contributed by atoms with Gasteiger partial charge in [0.05, 0.1) is 11.1 Å². The van der Waals surface area contributed by atoms with Crippen molar-refractivity contribution in [2.45, 2.75) is 20.0 Å². The third kappa shape index (κ3) is 2.91. The maximum atomic E-state index is 12.4. The molecule has 112 valence electrons. The molecule has 9 nitrogen and oxygen atoms in total. The molecule has 0 atom stereocenters. The maximum absolute atomic E-state index is 12.4. The minimum absolute atomic E-state index is 0.0367. The van der Waals surface area contributed by atoms with Gasteiger partial charge in [0.2, 0.25) is 5.69 Å². The zero-order chi connectivity index (χ0) is 15.6. The molecular weight excluding hydrogens is 276 g/mol. The summed E-state index contributed by atoms with van der Waals surface area (Å²) < 4.78 is 2.96. The third-order valence-electron chi connectivity index (χ3n) is 3.10. The average Bonchev–Trinajstić information content (AvgIpc) is 3.04. The van der Waals surface area contributed by atoms with Crippen LogP contribution in [0.4, 0.5) is 5.69 Å². The fourth-order valence-corrected chi connectivity index (χ4v) is 1.99. The summed E-state index contributed by atoms with van der Waals surface area (Å²) in [6.07, 6.45) is 4.59. The molecule has 0 saturated heterocycles. The number of carbonyl (C=O) groups is 1. The second kappa shape index (κ2) is 5.73. The van der Waals surface area contributed by atoms with E-state index in [0.717, 1.165) is 18.3 Å². The molecule has 0 unspecified atom stereocenters. The Morgan fingerprint density at radius 2 is 2.14 bits per heavy atom. The van der Waals surface area contributed by atoms with E-state index in [1.54, 1.807) is 17.9 Å². The van der Waals surface area contributed by atoms with Gasteiger partial charge in [0.15, 0.2) is 0 Å². The highest BCUT2D eigenvalue weighted by Crippen LogP contribution is 2.19. The first-order valence-corrected chi connectivity index (χ1v) is 6.37. The highest BCUT2D eigenvalue weighted by atomic mass is 16.6. The van der Waals surface area contributed by atoms with Crippen LogP contribution in [0.3, 0.4) is 0 Å². The van der Waals surface area contributed by atoms with Crippen LogP contribution >= 0.6 is 0 Å². The van der Waals surface area contributed by atoms with E-state index >= 15 is 0 Å². The van der Waals surface area contributed by atoms with Crippen molar-refractivity contribution in [1.82, 2.24) is 24.5 Å². The number of hydrogen-bond donors (Lipinski definition) is 0. The van der Waals surface area contributed by atoms with Crippen molar-refractivity contribution in [1.29, 1.82) is 0 Å². The van der Waals surface area contributed by atoms with Crippen molar-refractivity contribution < 1.29 is 9.72 Å². The predicted molar refractivity (Wildman–Crippen MR) is 73.6 cm³/mol. The van der Waals surface area contributed by atoms with Crippen LogP contribution in [-0.2, 0) is 20.1 Å². The van der Waals surface area contributed by atoms with Crippen molar-refractivity contribution in [3.05, 3.63) is 40.0 Å². The van der Waals surface area contributed by atoms with Crippen molar-refractivity contribution >= 4 is 11.6 Å². The fraction of sp³-hybridized carbons (Fsp3) is 0.417. The molecule has 0 fully saturated rings. The standard InChI is InChI=1S/C12H16N6O3/c1-4-17-8-9(5-14-17)7-15(2)12(19)11-10(18(20)21)6-13-16(11)3/h5-6,8H,4,7H2,1-3H3. The Kier molecular flexibility index (Phi) is 4.01. The van der Waals surface area contributed by atoms with Gasteiger partial charge in [-0.25, -0.2) is 0 Å². The molecule has 0 spiro atoms. The summed E-state index contributed by atoms with van der Waals surface area (Å²) in [6.45, 7) is 3.02. The van der Waals surface area contributed by atoms with Crippen LogP contribution in [0.2, 0.25) is 0 Å². The van der Waals surface area contributed by atoms with Gasteiger partial charge in [-0.2, -0.15) is 10.2 Å². The van der Waals surface area contributed by atoms with Crippen molar-refractivity contribution in [2.24, 2.45) is 7.05 Å². The lowest BCUT2D eigenvalue weighted by Crippen LogP contribution is -2.28. The van der Waals surface area contributed by atoms with Gasteiger partial charge < -0.3 is 4.90 Å². The Labute approximate surface area is 120 Å². The number of nitro groups is 1. The highest BCUT2D eigenvalue weighted by molar-refractivity contribution is 5.96. The normalized spacial score (nSPS) is 10.6. The van der Waals surface area contributed by atoms with Crippen LogP contribution in [0.25, 0.3) is 0 Å². The predicted octanol–water partition coefficient (Wildman–Crippen LogP) is 0.817. The summed E-state index contributed by atoms with van der Waals surface area (Å²) >= 11 is 0. The first-order valence-electron chi connectivity index (χ1n) is 6.37. The van der Waals surface area contributed by atoms with E-state index in [2.05, 4.69) is 10.2 Å². The summed E-state index contributed by atoms with van der Waals surface area (Å²) in [5.74, 6) is -0.453. The first-order chi connectivity index (χ1) is 9.93. The number of amides is 1. The second-order valence-corrected chi connectivity index (χ2v) is 4.62.